The first kappa shape index (κ1) is 16.7. The van der Waals surface area contributed by atoms with Gasteiger partial charge in [-0.05, 0) is 44.2 Å². The first-order valence-corrected chi connectivity index (χ1v) is 8.29. The number of pyridine rings is 1. The predicted molar refractivity (Wildman–Crippen MR) is 84.9 cm³/mol. The van der Waals surface area contributed by atoms with Gasteiger partial charge in [-0.3, -0.25) is 9.88 Å². The Morgan fingerprint density at radius 1 is 1.42 bits per heavy atom. The van der Waals surface area contributed by atoms with Crippen LogP contribution in [0.15, 0.2) is 18.3 Å². The van der Waals surface area contributed by atoms with Gasteiger partial charge >= 0.3 is 6.09 Å². The molecule has 1 aliphatic heterocycles. The Labute approximate surface area is 140 Å². The van der Waals surface area contributed by atoms with E-state index >= 15 is 0 Å². The molecule has 6 nitrogen and oxygen atoms in total. The summed E-state index contributed by atoms with van der Waals surface area (Å²) in [5.74, 6) is -0.394. The average molecular weight is 332 g/mol. The predicted octanol–water partition coefficient (Wildman–Crippen LogP) is 2.27. The minimum absolute atomic E-state index is 0.0103. The Hall–Kier alpha value is -2.20. The van der Waals surface area contributed by atoms with Crippen molar-refractivity contribution in [2.45, 2.75) is 49.6 Å². The van der Waals surface area contributed by atoms with Gasteiger partial charge < -0.3 is 10.4 Å². The number of hydrogen-bond acceptors (Lipinski definition) is 4. The fourth-order valence-electron chi connectivity index (χ4n) is 3.96. The molecule has 1 atom stereocenters. The Morgan fingerprint density at radius 2 is 2.17 bits per heavy atom. The summed E-state index contributed by atoms with van der Waals surface area (Å²) in [6, 6.07) is 5.73. The summed E-state index contributed by atoms with van der Waals surface area (Å²) in [6.45, 7) is 1.61. The standard InChI is InChI=1S/C17H21FN4O2/c18-12-1-2-15(20-9-12)17(11-19)6-3-14(4-7-17)22-8-5-13(10-22)21-16(23)24/h1-2,9,13-14,21H,3-8,10H2,(H,23,24)/t13-,14?,17?/m0/s1. The lowest BCUT2D eigenvalue weighted by Crippen LogP contribution is -2.43. The highest BCUT2D eigenvalue weighted by Crippen LogP contribution is 2.40. The fraction of sp³-hybridized carbons (Fsp3) is 0.588. The number of nitrogens with zero attached hydrogens (tertiary/aromatic N) is 3. The topological polar surface area (TPSA) is 89.3 Å². The molecule has 7 heteroatoms. The largest absolute Gasteiger partial charge is 0.465 e. The van der Waals surface area contributed by atoms with Crippen molar-refractivity contribution in [2.24, 2.45) is 0 Å². The van der Waals surface area contributed by atoms with Crippen molar-refractivity contribution in [1.82, 2.24) is 15.2 Å². The molecular weight excluding hydrogens is 311 g/mol. The number of hydrogen-bond donors (Lipinski definition) is 2. The van der Waals surface area contributed by atoms with Crippen LogP contribution in [-0.2, 0) is 5.41 Å². The highest BCUT2D eigenvalue weighted by Gasteiger charge is 2.41. The van der Waals surface area contributed by atoms with Crippen molar-refractivity contribution >= 4 is 6.09 Å². The second kappa shape index (κ2) is 6.73. The monoisotopic (exact) mass is 332 g/mol. The van der Waals surface area contributed by atoms with Crippen molar-refractivity contribution in [3.8, 4) is 6.07 Å². The van der Waals surface area contributed by atoms with E-state index in [1.807, 2.05) is 0 Å². The Bertz CT molecular complexity index is 635. The summed E-state index contributed by atoms with van der Waals surface area (Å²) < 4.78 is 13.1. The van der Waals surface area contributed by atoms with Gasteiger partial charge in [-0.2, -0.15) is 5.26 Å². The number of nitriles is 1. The molecule has 1 amide bonds. The number of aromatic nitrogens is 1. The quantitative estimate of drug-likeness (QED) is 0.886. The summed E-state index contributed by atoms with van der Waals surface area (Å²) in [7, 11) is 0. The van der Waals surface area contributed by atoms with E-state index in [1.54, 1.807) is 6.07 Å². The van der Waals surface area contributed by atoms with Gasteiger partial charge in [0, 0.05) is 25.2 Å². The molecule has 3 rings (SSSR count). The van der Waals surface area contributed by atoms with Gasteiger partial charge in [0.15, 0.2) is 0 Å². The molecule has 1 saturated carbocycles. The van der Waals surface area contributed by atoms with Crippen molar-refractivity contribution < 1.29 is 14.3 Å². The molecule has 2 heterocycles. The molecule has 24 heavy (non-hydrogen) atoms. The van der Waals surface area contributed by atoms with Crippen molar-refractivity contribution in [2.75, 3.05) is 13.1 Å². The molecule has 2 aliphatic rings. The lowest BCUT2D eigenvalue weighted by Gasteiger charge is -2.38. The van der Waals surface area contributed by atoms with Gasteiger partial charge in [-0.15, -0.1) is 0 Å². The second-order valence-electron chi connectivity index (χ2n) is 6.72. The van der Waals surface area contributed by atoms with Crippen LogP contribution in [0.3, 0.4) is 0 Å². The van der Waals surface area contributed by atoms with Gasteiger partial charge in [0.2, 0.25) is 0 Å². The summed E-state index contributed by atoms with van der Waals surface area (Å²) >= 11 is 0. The van der Waals surface area contributed by atoms with Crippen LogP contribution >= 0.6 is 0 Å². The third kappa shape index (κ3) is 3.34. The number of amides is 1. The number of likely N-dealkylation sites (tertiary alicyclic amines) is 1. The maximum absolute atomic E-state index is 13.1. The number of carboxylic acid groups (broad SMARTS) is 1. The highest BCUT2D eigenvalue weighted by molar-refractivity contribution is 5.64. The number of rotatable bonds is 3. The van der Waals surface area contributed by atoms with Crippen LogP contribution in [-0.4, -0.2) is 46.3 Å². The summed E-state index contributed by atoms with van der Waals surface area (Å²) in [5, 5.41) is 21.0. The first-order valence-electron chi connectivity index (χ1n) is 8.29. The zero-order valence-electron chi connectivity index (χ0n) is 13.4. The zero-order chi connectivity index (χ0) is 17.2. The van der Waals surface area contributed by atoms with Crippen LogP contribution in [0.1, 0.15) is 37.8 Å². The number of carbonyl (C=O) groups is 1. The SMILES string of the molecule is N#CC1(c2ccc(F)cn2)CCC(N2CC[C@H](NC(=O)O)C2)CC1. The molecule has 1 aromatic heterocycles. The normalized spacial score (nSPS) is 30.7. The first-order chi connectivity index (χ1) is 11.5. The van der Waals surface area contributed by atoms with Gasteiger partial charge in [-0.25, -0.2) is 9.18 Å². The summed E-state index contributed by atoms with van der Waals surface area (Å²) in [6.07, 6.45) is 4.14. The van der Waals surface area contributed by atoms with E-state index in [2.05, 4.69) is 21.3 Å². The summed E-state index contributed by atoms with van der Waals surface area (Å²) in [5.41, 5.74) is 0.0134. The van der Waals surface area contributed by atoms with Gasteiger partial charge in [-0.1, -0.05) is 0 Å². The highest BCUT2D eigenvalue weighted by atomic mass is 19.1. The zero-order valence-corrected chi connectivity index (χ0v) is 13.4. The van der Waals surface area contributed by atoms with E-state index < -0.39 is 17.3 Å². The maximum atomic E-state index is 13.1. The minimum Gasteiger partial charge on any atom is -0.465 e. The van der Waals surface area contributed by atoms with Crippen molar-refractivity contribution in [3.63, 3.8) is 0 Å². The molecule has 2 fully saturated rings. The molecule has 0 bridgehead atoms. The summed E-state index contributed by atoms with van der Waals surface area (Å²) in [4.78, 5) is 17.2. The molecule has 0 radical (unpaired) electrons. The van der Waals surface area contributed by atoms with Gasteiger partial charge in [0.25, 0.3) is 0 Å². The molecular formula is C17H21FN4O2. The number of nitrogens with one attached hydrogen (secondary N) is 1. The Morgan fingerprint density at radius 3 is 2.75 bits per heavy atom. The van der Waals surface area contributed by atoms with Crippen LogP contribution < -0.4 is 5.32 Å². The average Bonchev–Trinajstić information content (AvgIpc) is 3.03. The van der Waals surface area contributed by atoms with E-state index in [4.69, 9.17) is 5.11 Å². The smallest absolute Gasteiger partial charge is 0.404 e. The fourth-order valence-corrected chi connectivity index (χ4v) is 3.96. The van der Waals surface area contributed by atoms with E-state index in [-0.39, 0.29) is 6.04 Å². The molecule has 2 N–H and O–H groups in total. The molecule has 0 spiro atoms. The van der Waals surface area contributed by atoms with E-state index in [0.29, 0.717) is 24.6 Å². The van der Waals surface area contributed by atoms with E-state index in [0.717, 1.165) is 32.4 Å². The van der Waals surface area contributed by atoms with Crippen LogP contribution in [0.4, 0.5) is 9.18 Å². The molecule has 1 saturated heterocycles. The van der Waals surface area contributed by atoms with Crippen LogP contribution in [0, 0.1) is 17.1 Å². The Balaban J connectivity index is 1.62. The van der Waals surface area contributed by atoms with E-state index in [1.165, 1.54) is 12.3 Å². The van der Waals surface area contributed by atoms with E-state index in [9.17, 15) is 14.4 Å². The molecule has 0 aromatic carbocycles. The third-order valence-corrected chi connectivity index (χ3v) is 5.30. The maximum Gasteiger partial charge on any atom is 0.404 e. The molecule has 1 aliphatic carbocycles. The van der Waals surface area contributed by atoms with Gasteiger partial charge in [0.05, 0.1) is 23.4 Å². The third-order valence-electron chi connectivity index (χ3n) is 5.30. The van der Waals surface area contributed by atoms with Crippen LogP contribution in [0.2, 0.25) is 0 Å². The molecule has 1 aromatic rings. The lowest BCUT2D eigenvalue weighted by atomic mass is 9.71. The molecule has 0 unspecified atom stereocenters. The van der Waals surface area contributed by atoms with Crippen LogP contribution in [0.5, 0.6) is 0 Å². The lowest BCUT2D eigenvalue weighted by molar-refractivity contribution is 0.158. The van der Waals surface area contributed by atoms with Crippen molar-refractivity contribution in [1.29, 1.82) is 5.26 Å². The molecule has 128 valence electrons. The second-order valence-corrected chi connectivity index (χ2v) is 6.72. The number of halogens is 1. The van der Waals surface area contributed by atoms with Crippen LogP contribution in [0.25, 0.3) is 0 Å². The van der Waals surface area contributed by atoms with Gasteiger partial charge in [0.1, 0.15) is 5.82 Å². The van der Waals surface area contributed by atoms with Crippen molar-refractivity contribution in [3.05, 3.63) is 29.8 Å². The Kier molecular flexibility index (Phi) is 4.67. The minimum atomic E-state index is -0.976.